The van der Waals surface area contributed by atoms with E-state index in [0.717, 1.165) is 59.0 Å². The molecule has 1 aliphatic carbocycles. The Morgan fingerprint density at radius 1 is 1.33 bits per heavy atom. The highest BCUT2D eigenvalue weighted by Gasteiger charge is 2.35. The molecule has 0 spiro atoms. The minimum absolute atomic E-state index is 0.0943. The lowest BCUT2D eigenvalue weighted by Crippen LogP contribution is -2.35. The van der Waals surface area contributed by atoms with E-state index in [1.165, 1.54) is 12.8 Å². The molecule has 2 unspecified atom stereocenters. The number of nitrogens with zero attached hydrogens (tertiary/aromatic N) is 4. The Morgan fingerprint density at radius 3 is 2.62 bits per heavy atom. The standard InChI is InChI=1S/C32H45N5O2/c1-9-22(29(33)19(3)4)13-14-27(38)24-15-25-30(28(17-24)39-8)36(7)32(35-25)26-16-23(10-2)31(34-20(5)6)37(26)18-21-11-12-21/h10,15-17,19,21-22,29H,5,9,11-14,18,33H2,1-4,6-8H3/b23-10-,34-31?. The summed E-state index contributed by atoms with van der Waals surface area (Å²) in [5, 5.41) is 0. The highest BCUT2D eigenvalue weighted by Crippen LogP contribution is 2.39. The number of hydrogen-bond acceptors (Lipinski definition) is 5. The van der Waals surface area contributed by atoms with E-state index < -0.39 is 0 Å². The summed E-state index contributed by atoms with van der Waals surface area (Å²) in [7, 11) is 3.65. The molecule has 7 nitrogen and oxygen atoms in total. The molecular formula is C32H45N5O2. The fourth-order valence-corrected chi connectivity index (χ4v) is 5.54. The summed E-state index contributed by atoms with van der Waals surface area (Å²) in [4.78, 5) is 25.5. The molecule has 1 saturated carbocycles. The summed E-state index contributed by atoms with van der Waals surface area (Å²) < 4.78 is 7.87. The molecule has 1 fully saturated rings. The van der Waals surface area contributed by atoms with E-state index in [4.69, 9.17) is 20.4 Å². The highest BCUT2D eigenvalue weighted by atomic mass is 16.5. The van der Waals surface area contributed by atoms with Crippen LogP contribution in [0.5, 0.6) is 5.75 Å². The number of fused-ring (bicyclic) bond motifs is 1. The zero-order valence-corrected chi connectivity index (χ0v) is 24.8. The van der Waals surface area contributed by atoms with Gasteiger partial charge in [-0.2, -0.15) is 0 Å². The van der Waals surface area contributed by atoms with Gasteiger partial charge in [0, 0.05) is 42.9 Å². The lowest BCUT2D eigenvalue weighted by Gasteiger charge is -2.25. The van der Waals surface area contributed by atoms with E-state index >= 15 is 0 Å². The number of allylic oxidation sites excluding steroid dienone is 2. The van der Waals surface area contributed by atoms with Gasteiger partial charge in [0.05, 0.1) is 18.3 Å². The van der Waals surface area contributed by atoms with Crippen molar-refractivity contribution in [2.45, 2.75) is 72.8 Å². The van der Waals surface area contributed by atoms with E-state index in [-0.39, 0.29) is 11.8 Å². The Morgan fingerprint density at radius 2 is 2.05 bits per heavy atom. The molecule has 2 atom stereocenters. The number of hydrogen-bond donors (Lipinski definition) is 1. The molecule has 0 saturated heterocycles. The van der Waals surface area contributed by atoms with Crippen LogP contribution < -0.4 is 10.5 Å². The maximum absolute atomic E-state index is 13.3. The number of carbonyl (C=O) groups excluding carboxylic acids is 1. The normalized spacial score (nSPS) is 19.3. The molecule has 39 heavy (non-hydrogen) atoms. The Hall–Kier alpha value is -3.19. The number of ether oxygens (including phenoxy) is 1. The van der Waals surface area contributed by atoms with Gasteiger partial charge < -0.3 is 19.9 Å². The number of imidazole rings is 1. The van der Waals surface area contributed by atoms with Crippen LogP contribution in [0.1, 0.15) is 82.9 Å². The molecule has 2 heterocycles. The second-order valence-electron chi connectivity index (χ2n) is 11.5. The van der Waals surface area contributed by atoms with Crippen molar-refractivity contribution in [2.24, 2.45) is 35.5 Å². The van der Waals surface area contributed by atoms with Gasteiger partial charge in [-0.25, -0.2) is 9.98 Å². The quantitative estimate of drug-likeness (QED) is 0.316. The summed E-state index contributed by atoms with van der Waals surface area (Å²) in [6.07, 6.45) is 8.92. The first kappa shape index (κ1) is 28.8. The topological polar surface area (TPSA) is 85.7 Å². The molecule has 0 bridgehead atoms. The molecule has 0 radical (unpaired) electrons. The summed E-state index contributed by atoms with van der Waals surface area (Å²) in [6.45, 7) is 15.3. The Labute approximate surface area is 233 Å². The van der Waals surface area contributed by atoms with Gasteiger partial charge in [0.1, 0.15) is 17.1 Å². The predicted octanol–water partition coefficient (Wildman–Crippen LogP) is 6.50. The number of ketones is 1. The van der Waals surface area contributed by atoms with Crippen molar-refractivity contribution in [1.82, 2.24) is 14.5 Å². The van der Waals surface area contributed by atoms with Crippen molar-refractivity contribution in [3.05, 3.63) is 53.5 Å². The van der Waals surface area contributed by atoms with Gasteiger partial charge >= 0.3 is 0 Å². The van der Waals surface area contributed by atoms with Crippen LogP contribution in [0.25, 0.3) is 16.7 Å². The summed E-state index contributed by atoms with van der Waals surface area (Å²) in [6, 6.07) is 3.86. The third kappa shape index (κ3) is 6.03. The first-order valence-corrected chi connectivity index (χ1v) is 14.3. The maximum Gasteiger partial charge on any atom is 0.163 e. The second-order valence-corrected chi connectivity index (χ2v) is 11.5. The van der Waals surface area contributed by atoms with Crippen LogP contribution in [-0.4, -0.2) is 45.8 Å². The van der Waals surface area contributed by atoms with Crippen molar-refractivity contribution in [3.63, 3.8) is 0 Å². The monoisotopic (exact) mass is 531 g/mol. The van der Waals surface area contributed by atoms with Crippen LogP contribution in [0.3, 0.4) is 0 Å². The van der Waals surface area contributed by atoms with Crippen molar-refractivity contribution in [2.75, 3.05) is 13.7 Å². The Kier molecular flexibility index (Phi) is 8.80. The molecule has 2 N–H and O–H groups in total. The molecule has 1 aliphatic heterocycles. The summed E-state index contributed by atoms with van der Waals surface area (Å²) in [5.41, 5.74) is 11.5. The van der Waals surface area contributed by atoms with E-state index in [0.29, 0.717) is 35.5 Å². The number of benzene rings is 1. The number of rotatable bonds is 12. The molecule has 210 valence electrons. The lowest BCUT2D eigenvalue weighted by molar-refractivity contribution is 0.0969. The number of aliphatic imine (C=N–C) groups is 1. The van der Waals surface area contributed by atoms with Gasteiger partial charge in [-0.05, 0) is 69.1 Å². The number of aryl methyl sites for hydroxylation is 1. The van der Waals surface area contributed by atoms with Crippen molar-refractivity contribution >= 4 is 28.3 Å². The number of amidine groups is 1. The number of carbonyl (C=O) groups is 1. The molecule has 7 heteroatoms. The average Bonchev–Trinajstić information content (AvgIpc) is 3.59. The third-order valence-corrected chi connectivity index (χ3v) is 8.13. The number of Topliss-reactive ketones (excluding diaryl/α,β-unsaturated/α-hetero) is 1. The van der Waals surface area contributed by atoms with Crippen LogP contribution in [0.4, 0.5) is 0 Å². The predicted molar refractivity (Wildman–Crippen MR) is 161 cm³/mol. The van der Waals surface area contributed by atoms with Crippen molar-refractivity contribution < 1.29 is 9.53 Å². The molecule has 1 aromatic carbocycles. The van der Waals surface area contributed by atoms with E-state index in [1.807, 2.05) is 33.0 Å². The van der Waals surface area contributed by atoms with Gasteiger partial charge in [-0.1, -0.05) is 39.8 Å². The van der Waals surface area contributed by atoms with Crippen LogP contribution in [0.15, 0.2) is 47.1 Å². The lowest BCUT2D eigenvalue weighted by atomic mass is 9.85. The van der Waals surface area contributed by atoms with Crippen LogP contribution >= 0.6 is 0 Å². The molecule has 0 amide bonds. The number of aromatic nitrogens is 2. The van der Waals surface area contributed by atoms with Crippen molar-refractivity contribution in [3.8, 4) is 5.75 Å². The van der Waals surface area contributed by atoms with Gasteiger partial charge in [0.25, 0.3) is 0 Å². The van der Waals surface area contributed by atoms with E-state index in [1.54, 1.807) is 7.11 Å². The molecule has 1 aromatic heterocycles. The van der Waals surface area contributed by atoms with Crippen LogP contribution in [-0.2, 0) is 7.05 Å². The minimum atomic E-state index is 0.0943. The van der Waals surface area contributed by atoms with Gasteiger partial charge in [0.2, 0.25) is 0 Å². The van der Waals surface area contributed by atoms with Gasteiger partial charge in [-0.3, -0.25) is 4.79 Å². The first-order valence-electron chi connectivity index (χ1n) is 14.3. The highest BCUT2D eigenvalue weighted by molar-refractivity contribution is 6.11. The SMILES string of the molecule is C=C(C)N=C1/C(=C\C)C=C(c2nc3cc(C(=O)CCC(CC)C(N)C(C)C)cc(OC)c3n2C)N1CC1CC1. The maximum atomic E-state index is 13.3. The second kappa shape index (κ2) is 11.9. The Bertz CT molecular complexity index is 1340. The minimum Gasteiger partial charge on any atom is -0.494 e. The fraction of sp³-hybridized carbons (Fsp3) is 0.531. The molecule has 2 aromatic rings. The van der Waals surface area contributed by atoms with Gasteiger partial charge in [-0.15, -0.1) is 0 Å². The number of nitrogens with two attached hydrogens (primary N) is 1. The zero-order valence-electron chi connectivity index (χ0n) is 24.8. The summed E-state index contributed by atoms with van der Waals surface area (Å²) >= 11 is 0. The van der Waals surface area contributed by atoms with Gasteiger partial charge in [0.15, 0.2) is 11.6 Å². The van der Waals surface area contributed by atoms with Crippen LogP contribution in [0, 0.1) is 17.8 Å². The summed E-state index contributed by atoms with van der Waals surface area (Å²) in [5.74, 6) is 3.87. The van der Waals surface area contributed by atoms with Crippen molar-refractivity contribution in [1.29, 1.82) is 0 Å². The average molecular weight is 532 g/mol. The fourth-order valence-electron chi connectivity index (χ4n) is 5.54. The van der Waals surface area contributed by atoms with E-state index in [2.05, 4.69) is 49.0 Å². The number of methoxy groups -OCH3 is 1. The molecule has 4 rings (SSSR count). The zero-order chi connectivity index (χ0) is 28.4. The Balaban J connectivity index is 1.70. The third-order valence-electron chi connectivity index (χ3n) is 8.13. The van der Waals surface area contributed by atoms with Crippen LogP contribution in [0.2, 0.25) is 0 Å². The largest absolute Gasteiger partial charge is 0.494 e. The molecular weight excluding hydrogens is 486 g/mol. The first-order chi connectivity index (χ1) is 18.6. The smallest absolute Gasteiger partial charge is 0.163 e. The van der Waals surface area contributed by atoms with E-state index in [9.17, 15) is 4.79 Å². The molecule has 2 aliphatic rings.